The fourth-order valence-electron chi connectivity index (χ4n) is 2.69. The van der Waals surface area contributed by atoms with Gasteiger partial charge in [0, 0.05) is 24.4 Å². The number of aromatic amines is 1. The molecule has 114 valence electrons. The molecule has 2 N–H and O–H groups in total. The third kappa shape index (κ3) is 2.45. The highest BCUT2D eigenvalue weighted by Gasteiger charge is 2.30. The van der Waals surface area contributed by atoms with E-state index in [1.807, 2.05) is 13.8 Å². The number of fused-ring (bicyclic) bond motifs is 3. The van der Waals surface area contributed by atoms with Crippen molar-refractivity contribution in [2.45, 2.75) is 45.4 Å². The minimum atomic E-state index is -0.417. The van der Waals surface area contributed by atoms with Gasteiger partial charge in [-0.25, -0.2) is 4.79 Å². The zero-order valence-electron chi connectivity index (χ0n) is 12.1. The Kier molecular flexibility index (Phi) is 3.51. The average Bonchev–Trinajstić information content (AvgIpc) is 2.74. The van der Waals surface area contributed by atoms with E-state index in [9.17, 15) is 9.59 Å². The lowest BCUT2D eigenvalue weighted by atomic mass is 9.94. The van der Waals surface area contributed by atoms with Crippen molar-refractivity contribution < 1.29 is 9.84 Å². The second-order valence-electron chi connectivity index (χ2n) is 5.90. The number of hydrogen-bond donors (Lipinski definition) is 2. The Morgan fingerprint density at radius 1 is 1.43 bits per heavy atom. The van der Waals surface area contributed by atoms with Crippen LogP contribution in [0, 0.1) is 0 Å². The van der Waals surface area contributed by atoms with E-state index in [2.05, 4.69) is 4.98 Å². The van der Waals surface area contributed by atoms with E-state index in [-0.39, 0.29) is 24.3 Å². The summed E-state index contributed by atoms with van der Waals surface area (Å²) in [4.78, 5) is 29.0. The third-order valence-corrected chi connectivity index (χ3v) is 4.87. The number of H-pyrrole nitrogens is 1. The third-order valence-electron chi connectivity index (χ3n) is 3.75. The fourth-order valence-corrected chi connectivity index (χ4v) is 3.80. The fraction of sp³-hybridized carbons (Fsp3) is 0.571. The maximum Gasteiger partial charge on any atom is 0.329 e. The van der Waals surface area contributed by atoms with Crippen molar-refractivity contribution in [1.82, 2.24) is 9.55 Å². The molecule has 1 aliphatic heterocycles. The van der Waals surface area contributed by atoms with Gasteiger partial charge in [0.2, 0.25) is 0 Å². The minimum absolute atomic E-state index is 0.0491. The van der Waals surface area contributed by atoms with Gasteiger partial charge in [-0.2, -0.15) is 0 Å². The summed E-state index contributed by atoms with van der Waals surface area (Å²) in [5.74, 6) is 0. The van der Waals surface area contributed by atoms with E-state index in [0.717, 1.165) is 10.4 Å². The first kappa shape index (κ1) is 14.5. The van der Waals surface area contributed by atoms with E-state index in [4.69, 9.17) is 9.84 Å². The summed E-state index contributed by atoms with van der Waals surface area (Å²) in [6.07, 6.45) is 1.04. The van der Waals surface area contributed by atoms with Crippen LogP contribution in [0.15, 0.2) is 9.59 Å². The predicted octanol–water partition coefficient (Wildman–Crippen LogP) is 0.985. The van der Waals surface area contributed by atoms with Gasteiger partial charge in [-0.15, -0.1) is 11.3 Å². The van der Waals surface area contributed by atoms with Gasteiger partial charge < -0.3 is 9.84 Å². The van der Waals surface area contributed by atoms with Crippen LogP contribution in [0.25, 0.3) is 10.2 Å². The second-order valence-corrected chi connectivity index (χ2v) is 7.00. The van der Waals surface area contributed by atoms with Gasteiger partial charge >= 0.3 is 5.69 Å². The molecule has 6 nitrogen and oxygen atoms in total. The Balaban J connectivity index is 2.22. The molecule has 2 aromatic heterocycles. The summed E-state index contributed by atoms with van der Waals surface area (Å²) in [6, 6.07) is 0. The van der Waals surface area contributed by atoms with Gasteiger partial charge in [0.05, 0.1) is 17.6 Å². The standard InChI is InChI=1S/C14H18N2O4S/c1-14(2)6-8-9(7-20-14)21-11-10(8)12(18)16(4-3-5-17)13(19)15-11/h17H,3-7H2,1-2H3,(H,15,19). The Morgan fingerprint density at radius 3 is 2.90 bits per heavy atom. The van der Waals surface area contributed by atoms with Gasteiger partial charge in [-0.3, -0.25) is 14.3 Å². The lowest BCUT2D eigenvalue weighted by Gasteiger charge is -2.29. The molecule has 21 heavy (non-hydrogen) atoms. The van der Waals surface area contributed by atoms with E-state index in [1.54, 1.807) is 0 Å². The summed E-state index contributed by atoms with van der Waals surface area (Å²) in [5.41, 5.74) is 0.00171. The van der Waals surface area contributed by atoms with E-state index in [1.165, 1.54) is 15.9 Å². The summed E-state index contributed by atoms with van der Waals surface area (Å²) < 4.78 is 6.94. The van der Waals surface area contributed by atoms with Crippen molar-refractivity contribution in [3.8, 4) is 0 Å². The van der Waals surface area contributed by atoms with Gasteiger partial charge in [-0.05, 0) is 25.8 Å². The number of nitrogens with zero attached hydrogens (tertiary/aromatic N) is 1. The van der Waals surface area contributed by atoms with Crippen molar-refractivity contribution in [2.75, 3.05) is 6.61 Å². The van der Waals surface area contributed by atoms with Crippen LogP contribution >= 0.6 is 11.3 Å². The van der Waals surface area contributed by atoms with Crippen LogP contribution in [0.2, 0.25) is 0 Å². The van der Waals surface area contributed by atoms with Crippen molar-refractivity contribution in [3.63, 3.8) is 0 Å². The molecule has 0 amide bonds. The lowest BCUT2D eigenvalue weighted by molar-refractivity contribution is -0.0379. The Labute approximate surface area is 125 Å². The average molecular weight is 310 g/mol. The number of rotatable bonds is 3. The van der Waals surface area contributed by atoms with E-state index >= 15 is 0 Å². The maximum atomic E-state index is 12.6. The Bertz CT molecular complexity index is 800. The highest BCUT2D eigenvalue weighted by molar-refractivity contribution is 7.18. The molecule has 7 heteroatoms. The normalized spacial score (nSPS) is 17.1. The second kappa shape index (κ2) is 5.08. The largest absolute Gasteiger partial charge is 0.396 e. The van der Waals surface area contributed by atoms with Crippen LogP contribution < -0.4 is 11.2 Å². The van der Waals surface area contributed by atoms with Crippen LogP contribution in [0.4, 0.5) is 0 Å². The topological polar surface area (TPSA) is 84.3 Å². The molecule has 1 aliphatic rings. The van der Waals surface area contributed by atoms with Crippen molar-refractivity contribution in [1.29, 1.82) is 0 Å². The van der Waals surface area contributed by atoms with Crippen LogP contribution in [0.3, 0.4) is 0 Å². The molecular formula is C14H18N2O4S. The minimum Gasteiger partial charge on any atom is -0.396 e. The van der Waals surface area contributed by atoms with Gasteiger partial charge in [0.15, 0.2) is 0 Å². The summed E-state index contributed by atoms with van der Waals surface area (Å²) in [5, 5.41) is 9.50. The molecule has 3 rings (SSSR count). The SMILES string of the molecule is CC1(C)Cc2c(sc3[nH]c(=O)n(CCCO)c(=O)c23)CO1. The van der Waals surface area contributed by atoms with Crippen LogP contribution in [-0.4, -0.2) is 26.9 Å². The number of hydrogen-bond acceptors (Lipinski definition) is 5. The molecule has 0 fully saturated rings. The summed E-state index contributed by atoms with van der Waals surface area (Å²) in [7, 11) is 0. The lowest BCUT2D eigenvalue weighted by Crippen LogP contribution is -2.36. The summed E-state index contributed by atoms with van der Waals surface area (Å²) >= 11 is 1.42. The monoisotopic (exact) mass is 310 g/mol. The molecule has 2 aromatic rings. The zero-order valence-corrected chi connectivity index (χ0v) is 12.9. The van der Waals surface area contributed by atoms with Crippen LogP contribution in [-0.2, 0) is 24.3 Å². The zero-order chi connectivity index (χ0) is 15.2. The molecule has 0 aromatic carbocycles. The summed E-state index contributed by atoms with van der Waals surface area (Å²) in [6.45, 7) is 4.64. The smallest absolute Gasteiger partial charge is 0.329 e. The number of ether oxygens (including phenoxy) is 1. The molecule has 0 bridgehead atoms. The first-order chi connectivity index (χ1) is 9.93. The van der Waals surface area contributed by atoms with Crippen molar-refractivity contribution in [2.24, 2.45) is 0 Å². The highest BCUT2D eigenvalue weighted by Crippen LogP contribution is 2.36. The highest BCUT2D eigenvalue weighted by atomic mass is 32.1. The predicted molar refractivity (Wildman–Crippen MR) is 81.0 cm³/mol. The van der Waals surface area contributed by atoms with Crippen LogP contribution in [0.1, 0.15) is 30.7 Å². The molecule has 0 spiro atoms. The maximum absolute atomic E-state index is 12.6. The van der Waals surface area contributed by atoms with Gasteiger partial charge in [0.25, 0.3) is 5.56 Å². The Hall–Kier alpha value is -1.44. The number of aliphatic hydroxyl groups excluding tert-OH is 1. The molecular weight excluding hydrogens is 292 g/mol. The van der Waals surface area contributed by atoms with Gasteiger partial charge in [-0.1, -0.05) is 0 Å². The first-order valence-electron chi connectivity index (χ1n) is 6.95. The quantitative estimate of drug-likeness (QED) is 0.885. The molecule has 0 atom stereocenters. The van der Waals surface area contributed by atoms with Gasteiger partial charge in [0.1, 0.15) is 4.83 Å². The molecule has 0 unspecified atom stereocenters. The number of thiophene rings is 1. The van der Waals surface area contributed by atoms with Crippen LogP contribution in [0.5, 0.6) is 0 Å². The molecule has 3 heterocycles. The molecule has 0 saturated heterocycles. The number of nitrogens with one attached hydrogen (secondary N) is 1. The molecule has 0 aliphatic carbocycles. The van der Waals surface area contributed by atoms with E-state index < -0.39 is 5.69 Å². The van der Waals surface area contributed by atoms with Crippen molar-refractivity contribution >= 4 is 21.6 Å². The van der Waals surface area contributed by atoms with E-state index in [0.29, 0.717) is 29.7 Å². The number of aliphatic hydroxyl groups is 1. The number of aromatic nitrogens is 2. The molecule has 0 radical (unpaired) electrons. The molecule has 0 saturated carbocycles. The Morgan fingerprint density at radius 2 is 2.19 bits per heavy atom. The first-order valence-corrected chi connectivity index (χ1v) is 7.77. The van der Waals surface area contributed by atoms with Crippen molar-refractivity contribution in [3.05, 3.63) is 31.3 Å².